The standard InChI is InChI=1S/C32H44FN5O4/c1-32(2,3)38-26-18-21(33)17-25(27(26)37(5)31(38)41)28(30(39)40)36(4)23-13-14-24(19-23)42-16-7-6-10-22-12-11-20-9-8-15-34-29(20)35-22/h11-12,17-18,23-24,28H,6-10,13-16,19H2,1-5H3,(H,34,35)(H,39,40)/t23-,24-,28?/m0/s1. The molecule has 42 heavy (non-hydrogen) atoms. The number of nitrogens with one attached hydrogen (secondary N) is 1. The first kappa shape index (κ1) is 30.2. The first-order valence-electron chi connectivity index (χ1n) is 15.2. The summed E-state index contributed by atoms with van der Waals surface area (Å²) in [5, 5.41) is 13.8. The van der Waals surface area contributed by atoms with Gasteiger partial charge in [0.1, 0.15) is 17.7 Å². The molecule has 1 aromatic carbocycles. The highest BCUT2D eigenvalue weighted by Gasteiger charge is 2.37. The molecule has 1 aliphatic carbocycles. The van der Waals surface area contributed by atoms with Crippen molar-refractivity contribution in [2.24, 2.45) is 7.05 Å². The van der Waals surface area contributed by atoms with Gasteiger partial charge in [-0.2, -0.15) is 0 Å². The van der Waals surface area contributed by atoms with Gasteiger partial charge in [-0.15, -0.1) is 0 Å². The van der Waals surface area contributed by atoms with Crippen LogP contribution in [0.4, 0.5) is 10.2 Å². The van der Waals surface area contributed by atoms with E-state index in [0.717, 1.165) is 63.0 Å². The number of nitrogens with zero attached hydrogens (tertiary/aromatic N) is 4. The molecule has 0 bridgehead atoms. The highest BCUT2D eigenvalue weighted by molar-refractivity contribution is 5.87. The summed E-state index contributed by atoms with van der Waals surface area (Å²) in [5.41, 5.74) is 2.64. The number of aryl methyl sites for hydroxylation is 3. The Labute approximate surface area is 246 Å². The predicted octanol–water partition coefficient (Wildman–Crippen LogP) is 5.01. The highest BCUT2D eigenvalue weighted by Crippen LogP contribution is 2.35. The summed E-state index contributed by atoms with van der Waals surface area (Å²) in [4.78, 5) is 32.4. The fourth-order valence-corrected chi connectivity index (χ4v) is 6.69. The number of pyridine rings is 1. The summed E-state index contributed by atoms with van der Waals surface area (Å²) in [5.74, 6) is -0.602. The van der Waals surface area contributed by atoms with E-state index >= 15 is 0 Å². The number of ether oxygens (including phenoxy) is 1. The molecule has 2 aliphatic rings. The minimum Gasteiger partial charge on any atom is -0.480 e. The van der Waals surface area contributed by atoms with Crippen molar-refractivity contribution >= 4 is 22.8 Å². The summed E-state index contributed by atoms with van der Waals surface area (Å²) >= 11 is 0. The first-order chi connectivity index (χ1) is 20.0. The van der Waals surface area contributed by atoms with Crippen LogP contribution in [0.25, 0.3) is 11.0 Å². The molecule has 3 atom stereocenters. The molecule has 10 heteroatoms. The van der Waals surface area contributed by atoms with E-state index in [1.807, 2.05) is 25.7 Å². The quantitative estimate of drug-likeness (QED) is 0.325. The summed E-state index contributed by atoms with van der Waals surface area (Å²) in [6.45, 7) is 7.26. The number of imidazole rings is 1. The van der Waals surface area contributed by atoms with Crippen LogP contribution in [0, 0.1) is 5.82 Å². The third-order valence-electron chi connectivity index (χ3n) is 8.81. The molecule has 2 N–H and O–H groups in total. The molecule has 1 unspecified atom stereocenters. The Morgan fingerprint density at radius 1 is 1.26 bits per heavy atom. The molecule has 9 nitrogen and oxygen atoms in total. The van der Waals surface area contributed by atoms with Crippen LogP contribution in [0.1, 0.15) is 82.2 Å². The van der Waals surface area contributed by atoms with Crippen LogP contribution in [0.15, 0.2) is 29.1 Å². The van der Waals surface area contributed by atoms with Crippen LogP contribution in [-0.4, -0.2) is 62.4 Å². The number of carboxylic acid groups (broad SMARTS) is 1. The number of halogens is 1. The summed E-state index contributed by atoms with van der Waals surface area (Å²) in [6, 6.07) is 5.76. The smallest absolute Gasteiger partial charge is 0.329 e. The fourth-order valence-electron chi connectivity index (χ4n) is 6.69. The topological polar surface area (TPSA) is 102 Å². The van der Waals surface area contributed by atoms with E-state index in [1.165, 1.54) is 26.8 Å². The molecule has 0 spiro atoms. The number of likely N-dealkylation sites (N-methyl/N-ethyl adjacent to an activating group) is 1. The fraction of sp³-hybridized carbons (Fsp3) is 0.594. The molecule has 3 heterocycles. The number of carboxylic acids is 1. The van der Waals surface area contributed by atoms with E-state index < -0.39 is 23.4 Å². The molecule has 228 valence electrons. The van der Waals surface area contributed by atoms with Gasteiger partial charge in [-0.05, 0) is 103 Å². The Balaban J connectivity index is 1.22. The van der Waals surface area contributed by atoms with Crippen molar-refractivity contribution in [3.63, 3.8) is 0 Å². The maximum atomic E-state index is 15.0. The van der Waals surface area contributed by atoms with Crippen molar-refractivity contribution in [3.8, 4) is 0 Å². The third-order valence-corrected chi connectivity index (χ3v) is 8.81. The number of fused-ring (bicyclic) bond motifs is 2. The lowest BCUT2D eigenvalue weighted by atomic mass is 10.0. The van der Waals surface area contributed by atoms with Crippen molar-refractivity contribution in [1.29, 1.82) is 0 Å². The Morgan fingerprint density at radius 2 is 2.05 bits per heavy atom. The maximum absolute atomic E-state index is 15.0. The van der Waals surface area contributed by atoms with Crippen LogP contribution >= 0.6 is 0 Å². The summed E-state index contributed by atoms with van der Waals surface area (Å²) < 4.78 is 24.1. The average Bonchev–Trinajstić information content (AvgIpc) is 3.50. The van der Waals surface area contributed by atoms with Gasteiger partial charge >= 0.3 is 11.7 Å². The Kier molecular flexibility index (Phi) is 8.76. The minimum absolute atomic E-state index is 0.0386. The third kappa shape index (κ3) is 6.10. The zero-order chi connectivity index (χ0) is 30.2. The van der Waals surface area contributed by atoms with E-state index in [2.05, 4.69) is 17.4 Å². The van der Waals surface area contributed by atoms with Gasteiger partial charge in [-0.3, -0.25) is 18.8 Å². The molecule has 0 amide bonds. The van der Waals surface area contributed by atoms with Crippen LogP contribution in [0.5, 0.6) is 0 Å². The molecule has 5 rings (SSSR count). The number of hydrogen-bond acceptors (Lipinski definition) is 6. The van der Waals surface area contributed by atoms with Gasteiger partial charge < -0.3 is 15.2 Å². The second-order valence-electron chi connectivity index (χ2n) is 12.9. The van der Waals surface area contributed by atoms with Crippen LogP contribution in [0.2, 0.25) is 0 Å². The maximum Gasteiger partial charge on any atom is 0.329 e. The SMILES string of the molecule is CN(C(C(=O)O)c1cc(F)cc2c1n(C)c(=O)n2C(C)(C)C)[C@H]1CC[C@H](OCCCCc2ccc3c(n2)NCCC3)C1. The zero-order valence-electron chi connectivity index (χ0n) is 25.5. The normalized spacial score (nSPS) is 19.7. The van der Waals surface area contributed by atoms with Gasteiger partial charge in [0, 0.05) is 43.0 Å². The Hall–Kier alpha value is -3.24. The lowest BCUT2D eigenvalue weighted by Gasteiger charge is -2.31. The lowest BCUT2D eigenvalue weighted by molar-refractivity contribution is -0.144. The predicted molar refractivity (Wildman–Crippen MR) is 162 cm³/mol. The van der Waals surface area contributed by atoms with E-state index in [4.69, 9.17) is 9.72 Å². The molecular formula is C32H44FN5O4. The van der Waals surface area contributed by atoms with Crippen molar-refractivity contribution in [1.82, 2.24) is 19.0 Å². The number of anilines is 1. The van der Waals surface area contributed by atoms with Crippen molar-refractivity contribution in [2.45, 2.75) is 95.9 Å². The molecule has 3 aromatic rings. The van der Waals surface area contributed by atoms with E-state index in [-0.39, 0.29) is 23.4 Å². The van der Waals surface area contributed by atoms with E-state index in [1.54, 1.807) is 14.1 Å². The number of aromatic nitrogens is 3. The average molecular weight is 582 g/mol. The lowest BCUT2D eigenvalue weighted by Crippen LogP contribution is -2.38. The van der Waals surface area contributed by atoms with Crippen LogP contribution < -0.4 is 11.0 Å². The van der Waals surface area contributed by atoms with Gasteiger partial charge in [0.25, 0.3) is 0 Å². The largest absolute Gasteiger partial charge is 0.480 e. The molecular weight excluding hydrogens is 537 g/mol. The van der Waals surface area contributed by atoms with E-state index in [0.29, 0.717) is 24.1 Å². The van der Waals surface area contributed by atoms with E-state index in [9.17, 15) is 19.1 Å². The molecule has 0 radical (unpaired) electrons. The van der Waals surface area contributed by atoms with Crippen molar-refractivity contribution in [2.75, 3.05) is 25.5 Å². The van der Waals surface area contributed by atoms with Crippen molar-refractivity contribution < 1.29 is 19.0 Å². The Morgan fingerprint density at radius 3 is 2.79 bits per heavy atom. The number of unbranched alkanes of at least 4 members (excludes halogenated alkanes) is 1. The minimum atomic E-state index is -1.10. The second kappa shape index (κ2) is 12.2. The number of hydrogen-bond donors (Lipinski definition) is 2. The number of benzene rings is 1. The molecule has 1 fully saturated rings. The molecule has 1 aliphatic heterocycles. The number of aliphatic carboxylic acids is 1. The van der Waals surface area contributed by atoms with Gasteiger partial charge in [-0.25, -0.2) is 14.2 Å². The van der Waals surface area contributed by atoms with Crippen molar-refractivity contribution in [3.05, 3.63) is 57.4 Å². The van der Waals surface area contributed by atoms with Gasteiger partial charge in [0.05, 0.1) is 17.1 Å². The molecule has 1 saturated carbocycles. The second-order valence-corrected chi connectivity index (χ2v) is 12.9. The Bertz CT molecular complexity index is 1510. The zero-order valence-corrected chi connectivity index (χ0v) is 25.5. The summed E-state index contributed by atoms with van der Waals surface area (Å²) in [6.07, 6.45) is 7.47. The first-order valence-corrected chi connectivity index (χ1v) is 15.2. The van der Waals surface area contributed by atoms with Crippen LogP contribution in [-0.2, 0) is 35.0 Å². The van der Waals surface area contributed by atoms with Gasteiger partial charge in [-0.1, -0.05) is 6.07 Å². The monoisotopic (exact) mass is 581 g/mol. The molecule has 0 saturated heterocycles. The van der Waals surface area contributed by atoms with Gasteiger partial charge in [0.2, 0.25) is 0 Å². The van der Waals surface area contributed by atoms with Crippen LogP contribution in [0.3, 0.4) is 0 Å². The van der Waals surface area contributed by atoms with Gasteiger partial charge in [0.15, 0.2) is 0 Å². The molecule has 2 aromatic heterocycles. The summed E-state index contributed by atoms with van der Waals surface area (Å²) in [7, 11) is 3.40. The number of carbonyl (C=O) groups is 1. The highest BCUT2D eigenvalue weighted by atomic mass is 19.1. The number of rotatable bonds is 10.